The van der Waals surface area contributed by atoms with Crippen LogP contribution in [0, 0.1) is 0 Å². The third-order valence-electron chi connectivity index (χ3n) is 7.58. The van der Waals surface area contributed by atoms with Crippen LogP contribution in [0.3, 0.4) is 0 Å². The third kappa shape index (κ3) is 12.5. The van der Waals surface area contributed by atoms with Crippen molar-refractivity contribution < 1.29 is 18.9 Å². The number of halogens is 3. The normalized spacial score (nSPS) is 15.1. The van der Waals surface area contributed by atoms with Crippen LogP contribution in [0.1, 0.15) is 45.1 Å². The lowest BCUT2D eigenvalue weighted by atomic mass is 10.0. The first-order chi connectivity index (χ1) is 22.3. The van der Waals surface area contributed by atoms with Crippen molar-refractivity contribution in [3.63, 3.8) is 0 Å². The van der Waals surface area contributed by atoms with Crippen LogP contribution in [0.5, 0.6) is 23.3 Å². The highest BCUT2D eigenvalue weighted by Crippen LogP contribution is 2.36. The lowest BCUT2D eigenvalue weighted by Gasteiger charge is -2.33. The van der Waals surface area contributed by atoms with Gasteiger partial charge < -0.3 is 34.9 Å². The van der Waals surface area contributed by atoms with Crippen molar-refractivity contribution in [1.82, 2.24) is 30.2 Å². The lowest BCUT2D eigenvalue weighted by Crippen LogP contribution is -2.39. The molecule has 4 heterocycles. The summed E-state index contributed by atoms with van der Waals surface area (Å²) in [5.74, 6) is 3.26. The second kappa shape index (κ2) is 20.8. The Morgan fingerprint density at radius 3 is 1.69 bits per heavy atom. The van der Waals surface area contributed by atoms with Gasteiger partial charge in [0.05, 0.1) is 27.4 Å². The summed E-state index contributed by atoms with van der Waals surface area (Å²) in [6.07, 6.45) is 4.01. The lowest BCUT2D eigenvalue weighted by molar-refractivity contribution is 0.210. The molecule has 2 aliphatic heterocycles. The first kappa shape index (κ1) is 40.7. The van der Waals surface area contributed by atoms with Crippen molar-refractivity contribution in [1.29, 1.82) is 0 Å². The highest BCUT2D eigenvalue weighted by atomic mass is 35.5. The quantitative estimate of drug-likeness (QED) is 0.181. The molecule has 3 aromatic rings. The number of rotatable bonds is 12. The molecule has 2 fully saturated rings. The molecule has 0 saturated carbocycles. The zero-order chi connectivity index (χ0) is 32.9. The van der Waals surface area contributed by atoms with Gasteiger partial charge in [-0.25, -0.2) is 9.59 Å². The van der Waals surface area contributed by atoms with Gasteiger partial charge in [0, 0.05) is 43.9 Å². The summed E-state index contributed by atoms with van der Waals surface area (Å²) in [5, 5.41) is 10.5. The van der Waals surface area contributed by atoms with E-state index in [1.54, 1.807) is 12.1 Å². The number of hydrogen-bond acceptors (Lipinski definition) is 12. The Morgan fingerprint density at radius 2 is 1.25 bits per heavy atom. The summed E-state index contributed by atoms with van der Waals surface area (Å²) in [5.41, 5.74) is 0.295. The number of hydrogen-bond donors (Lipinski definition) is 5. The number of anilines is 2. The predicted octanol–water partition coefficient (Wildman–Crippen LogP) is 4.09. The molecule has 0 atom stereocenters. The number of nitrogens with zero attached hydrogens (tertiary/aromatic N) is 3. The second-order valence-corrected chi connectivity index (χ2v) is 11.3. The molecule has 0 bridgehead atoms. The van der Waals surface area contributed by atoms with Gasteiger partial charge in [-0.05, 0) is 70.3 Å². The predicted molar refractivity (Wildman–Crippen MR) is 193 cm³/mol. The van der Waals surface area contributed by atoms with Crippen LogP contribution in [0.2, 0.25) is 5.02 Å². The van der Waals surface area contributed by atoms with E-state index < -0.39 is 11.4 Å². The van der Waals surface area contributed by atoms with Crippen molar-refractivity contribution >= 4 is 48.1 Å². The van der Waals surface area contributed by atoms with Gasteiger partial charge in [-0.3, -0.25) is 14.9 Å². The van der Waals surface area contributed by atoms with E-state index in [2.05, 4.69) is 40.8 Å². The summed E-state index contributed by atoms with van der Waals surface area (Å²) in [6, 6.07) is 8.05. The number of H-pyrrole nitrogens is 2. The van der Waals surface area contributed by atoms with Crippen molar-refractivity contribution in [3.05, 3.63) is 55.8 Å². The number of aromatic amines is 2. The Morgan fingerprint density at radius 1 is 0.792 bits per heavy atom. The first-order valence-corrected chi connectivity index (χ1v) is 16.0. The molecule has 48 heavy (non-hydrogen) atoms. The zero-order valence-corrected chi connectivity index (χ0v) is 30.1. The average Bonchev–Trinajstić information content (AvgIpc) is 3.04. The van der Waals surface area contributed by atoms with Gasteiger partial charge in [-0.15, -0.1) is 24.8 Å². The molecule has 2 saturated heterocycles. The molecule has 14 nitrogen and oxygen atoms in total. The molecule has 0 spiro atoms. The number of benzene rings is 1. The molecule has 2 aromatic heterocycles. The summed E-state index contributed by atoms with van der Waals surface area (Å²) in [4.78, 5) is 38.0. The van der Waals surface area contributed by atoms with Crippen LogP contribution >= 0.6 is 36.4 Å². The van der Waals surface area contributed by atoms with Crippen LogP contribution in [0.25, 0.3) is 0 Å². The summed E-state index contributed by atoms with van der Waals surface area (Å²) >= 11 is 6.40. The van der Waals surface area contributed by atoms with Crippen molar-refractivity contribution in [2.75, 3.05) is 64.2 Å². The summed E-state index contributed by atoms with van der Waals surface area (Å²) < 4.78 is 21.4. The van der Waals surface area contributed by atoms with Gasteiger partial charge in [0.2, 0.25) is 11.8 Å². The summed E-state index contributed by atoms with van der Waals surface area (Å²) in [6.45, 7) is 9.64. The zero-order valence-electron chi connectivity index (χ0n) is 27.7. The average molecular weight is 734 g/mol. The maximum Gasteiger partial charge on any atom is 0.349 e. The standard InChI is InChI=1S/C21H29ClN4O4.C10H16N4O2.2ClH/c1-4-29-16-10-14(11-17(20(16)22)30-5-2)13-26-8-6-15(7-9-26)23-18-12-19(28-3)25-21(27)24-18;1-16-9-6-8(13-10(15)14-9)12-7-2-4-11-5-3-7;;/h10-12,15H,4-9,13H2,1-3H3,(H2,23,24,25,27);6-7,11H,2-5H2,1H3,(H2,12,13,14,15);2*1H. The van der Waals surface area contributed by atoms with Crippen molar-refractivity contribution in [3.8, 4) is 23.3 Å². The van der Waals surface area contributed by atoms with Gasteiger partial charge in [-0.1, -0.05) is 11.6 Å². The van der Waals surface area contributed by atoms with Gasteiger partial charge >= 0.3 is 11.4 Å². The Kier molecular flexibility index (Phi) is 17.7. The number of ether oxygens (including phenoxy) is 4. The van der Waals surface area contributed by atoms with Gasteiger partial charge in [0.25, 0.3) is 0 Å². The first-order valence-electron chi connectivity index (χ1n) is 15.6. The molecule has 0 radical (unpaired) electrons. The van der Waals surface area contributed by atoms with E-state index in [1.165, 1.54) is 14.2 Å². The van der Waals surface area contributed by atoms with Crippen molar-refractivity contribution in [2.24, 2.45) is 0 Å². The molecule has 0 amide bonds. The molecule has 2 aliphatic rings. The topological polar surface area (TPSA) is 168 Å². The minimum atomic E-state index is -0.424. The highest BCUT2D eigenvalue weighted by molar-refractivity contribution is 6.33. The molecule has 17 heteroatoms. The number of methoxy groups -OCH3 is 2. The van der Waals surface area contributed by atoms with Gasteiger partial charge in [-0.2, -0.15) is 9.97 Å². The third-order valence-corrected chi connectivity index (χ3v) is 7.95. The molecular weight excluding hydrogens is 687 g/mol. The van der Waals surface area contributed by atoms with Crippen LogP contribution in [0.4, 0.5) is 11.6 Å². The fourth-order valence-electron chi connectivity index (χ4n) is 5.37. The Balaban J connectivity index is 0.000000377. The Labute approximate surface area is 297 Å². The molecule has 0 aliphatic carbocycles. The molecule has 268 valence electrons. The van der Waals surface area contributed by atoms with Crippen LogP contribution in [0.15, 0.2) is 33.9 Å². The number of nitrogens with one attached hydrogen (secondary N) is 5. The van der Waals surface area contributed by atoms with Crippen LogP contribution < -0.4 is 46.3 Å². The highest BCUT2D eigenvalue weighted by Gasteiger charge is 2.21. The molecular formula is C31H47Cl3N8O6. The monoisotopic (exact) mass is 732 g/mol. The van der Waals surface area contributed by atoms with Crippen LogP contribution in [-0.4, -0.2) is 90.5 Å². The van der Waals surface area contributed by atoms with Gasteiger partial charge in [0.15, 0.2) is 0 Å². The van der Waals surface area contributed by atoms with Gasteiger partial charge in [0.1, 0.15) is 28.2 Å². The molecule has 0 unspecified atom stereocenters. The maximum absolute atomic E-state index is 11.6. The SMILES string of the molecule is CCOc1cc(CN2CCC(Nc3cc(OC)nc(=O)[nH]3)CC2)cc(OCC)c1Cl.COc1cc(NC2CCNCC2)[nH]c(=O)n1.Cl.Cl. The smallest absolute Gasteiger partial charge is 0.349 e. The van der Waals surface area contributed by atoms with E-state index in [0.29, 0.717) is 59.2 Å². The second-order valence-electron chi connectivity index (χ2n) is 10.9. The van der Waals surface area contributed by atoms with E-state index in [4.69, 9.17) is 30.5 Å². The molecule has 1 aromatic carbocycles. The fourth-order valence-corrected chi connectivity index (χ4v) is 5.59. The largest absolute Gasteiger partial charge is 0.492 e. The molecule has 5 rings (SSSR count). The Hall–Kier alpha value is -3.43. The van der Waals surface area contributed by atoms with E-state index in [1.807, 2.05) is 26.0 Å². The molecule has 5 N–H and O–H groups in total. The van der Waals surface area contributed by atoms with E-state index >= 15 is 0 Å². The van der Waals surface area contributed by atoms with E-state index in [0.717, 1.165) is 64.0 Å². The number of likely N-dealkylation sites (tertiary alicyclic amines) is 1. The minimum absolute atomic E-state index is 0. The van der Waals surface area contributed by atoms with Crippen molar-refractivity contribution in [2.45, 2.75) is 58.2 Å². The fraction of sp³-hybridized carbons (Fsp3) is 0.548. The number of piperidine rings is 2. The van der Waals surface area contributed by atoms with E-state index in [-0.39, 0.29) is 30.9 Å². The minimum Gasteiger partial charge on any atom is -0.492 e. The van der Waals surface area contributed by atoms with Crippen LogP contribution in [-0.2, 0) is 6.54 Å². The Bertz CT molecular complexity index is 1490. The summed E-state index contributed by atoms with van der Waals surface area (Å²) in [7, 11) is 2.99. The van der Waals surface area contributed by atoms with E-state index in [9.17, 15) is 9.59 Å². The number of aromatic nitrogens is 4. The maximum atomic E-state index is 11.6.